The van der Waals surface area contributed by atoms with Crippen LogP contribution in [-0.4, -0.2) is 15.3 Å². The van der Waals surface area contributed by atoms with E-state index in [0.717, 1.165) is 27.4 Å². The van der Waals surface area contributed by atoms with Gasteiger partial charge < -0.3 is 4.57 Å². The third kappa shape index (κ3) is 3.00. The third-order valence-electron chi connectivity index (χ3n) is 4.74. The highest BCUT2D eigenvalue weighted by molar-refractivity contribution is 6.02. The van der Waals surface area contributed by atoms with E-state index in [0.29, 0.717) is 5.82 Å². The van der Waals surface area contributed by atoms with Crippen molar-refractivity contribution in [2.75, 3.05) is 0 Å². The molecule has 1 aromatic heterocycles. The van der Waals surface area contributed by atoms with Gasteiger partial charge in [0.25, 0.3) is 0 Å². The maximum Gasteiger partial charge on any atom is 0.180 e. The van der Waals surface area contributed by atoms with Gasteiger partial charge in [0.2, 0.25) is 0 Å². The summed E-state index contributed by atoms with van der Waals surface area (Å²) < 4.78 is 1.81. The number of aromatic nitrogens is 2. The molecule has 130 valence electrons. The zero-order valence-electron chi connectivity index (χ0n) is 14.8. The number of hydrogen-bond acceptors (Lipinski definition) is 3. The topological polar surface area (TPSA) is 58.7 Å². The monoisotopic (exact) mass is 351 g/mol. The number of ketones is 1. The van der Waals surface area contributed by atoms with Crippen LogP contribution in [0.15, 0.2) is 72.8 Å². The van der Waals surface area contributed by atoms with Gasteiger partial charge in [-0.1, -0.05) is 60.7 Å². The summed E-state index contributed by atoms with van der Waals surface area (Å²) in [5.74, 6) is -0.747. The van der Waals surface area contributed by atoms with Gasteiger partial charge in [-0.15, -0.1) is 0 Å². The first-order valence-electron chi connectivity index (χ1n) is 8.69. The summed E-state index contributed by atoms with van der Waals surface area (Å²) in [5, 5.41) is 11.8. The first-order valence-corrected chi connectivity index (χ1v) is 8.69. The molecule has 1 heterocycles. The zero-order chi connectivity index (χ0) is 18.8. The van der Waals surface area contributed by atoms with Crippen LogP contribution in [0.3, 0.4) is 0 Å². The lowest BCUT2D eigenvalue weighted by molar-refractivity contribution is -0.115. The van der Waals surface area contributed by atoms with Crippen molar-refractivity contribution in [1.82, 2.24) is 9.55 Å². The second-order valence-electron chi connectivity index (χ2n) is 6.38. The molecule has 27 heavy (non-hydrogen) atoms. The Kier molecular flexibility index (Phi) is 4.27. The number of rotatable bonds is 4. The number of carbonyl (C=O) groups is 1. The summed E-state index contributed by atoms with van der Waals surface area (Å²) in [6.45, 7) is 0. The average molecular weight is 351 g/mol. The fourth-order valence-corrected chi connectivity index (χ4v) is 3.33. The largest absolute Gasteiger partial charge is 0.330 e. The lowest BCUT2D eigenvalue weighted by Gasteiger charge is -2.06. The molecule has 0 saturated carbocycles. The van der Waals surface area contributed by atoms with E-state index in [9.17, 15) is 10.1 Å². The Morgan fingerprint density at radius 1 is 1.07 bits per heavy atom. The van der Waals surface area contributed by atoms with Crippen molar-refractivity contribution in [3.05, 3.63) is 84.2 Å². The Balaban J connectivity index is 1.69. The molecule has 0 bridgehead atoms. The molecular formula is C23H17N3O. The van der Waals surface area contributed by atoms with Gasteiger partial charge in [0.1, 0.15) is 5.82 Å². The van der Waals surface area contributed by atoms with E-state index in [4.69, 9.17) is 0 Å². The lowest BCUT2D eigenvalue weighted by Crippen LogP contribution is -2.13. The van der Waals surface area contributed by atoms with Gasteiger partial charge in [-0.25, -0.2) is 4.98 Å². The van der Waals surface area contributed by atoms with Gasteiger partial charge in [-0.05, 0) is 34.5 Å². The van der Waals surface area contributed by atoms with E-state index in [2.05, 4.69) is 11.1 Å². The number of carbonyl (C=O) groups excluding carboxylic acids is 1. The van der Waals surface area contributed by atoms with E-state index in [1.807, 2.05) is 78.3 Å². The smallest absolute Gasteiger partial charge is 0.180 e. The molecule has 0 aliphatic heterocycles. The number of nitriles is 1. The van der Waals surface area contributed by atoms with Crippen molar-refractivity contribution in [3.8, 4) is 6.07 Å². The number of benzene rings is 3. The minimum absolute atomic E-state index is 0.274. The zero-order valence-corrected chi connectivity index (χ0v) is 14.8. The highest BCUT2D eigenvalue weighted by Gasteiger charge is 2.23. The van der Waals surface area contributed by atoms with Crippen LogP contribution in [-0.2, 0) is 11.8 Å². The standard InChI is InChI=1S/C23H17N3O/c1-26-21-12-5-4-11-20(21)25-23(26)19(15-24)22(27)14-13-17-9-6-8-16-7-2-3-10-18(16)17/h2-14,19H,1H3/b14-13+. The molecule has 0 saturated heterocycles. The maximum atomic E-state index is 12.8. The number of fused-ring (bicyclic) bond motifs is 2. The van der Waals surface area contributed by atoms with Gasteiger partial charge in [0.15, 0.2) is 11.7 Å². The Hall–Kier alpha value is -3.71. The molecule has 4 rings (SSSR count). The molecular weight excluding hydrogens is 334 g/mol. The van der Waals surface area contributed by atoms with Crippen LogP contribution in [0.25, 0.3) is 27.9 Å². The van der Waals surface area contributed by atoms with Gasteiger partial charge in [-0.3, -0.25) is 4.79 Å². The summed E-state index contributed by atoms with van der Waals surface area (Å²) in [6.07, 6.45) is 3.26. The van der Waals surface area contributed by atoms with Crippen LogP contribution in [0.5, 0.6) is 0 Å². The van der Waals surface area contributed by atoms with Crippen molar-refractivity contribution >= 4 is 33.7 Å². The fraction of sp³-hybridized carbons (Fsp3) is 0.0870. The summed E-state index contributed by atoms with van der Waals surface area (Å²) >= 11 is 0. The molecule has 0 fully saturated rings. The van der Waals surface area contributed by atoms with Crippen LogP contribution in [0.1, 0.15) is 17.3 Å². The van der Waals surface area contributed by atoms with Gasteiger partial charge >= 0.3 is 0 Å². The normalized spacial score (nSPS) is 12.4. The van der Waals surface area contributed by atoms with E-state index in [1.165, 1.54) is 6.08 Å². The molecule has 1 unspecified atom stereocenters. The van der Waals surface area contributed by atoms with Crippen LogP contribution < -0.4 is 0 Å². The highest BCUT2D eigenvalue weighted by atomic mass is 16.1. The fourth-order valence-electron chi connectivity index (χ4n) is 3.33. The van der Waals surface area contributed by atoms with Gasteiger partial charge in [-0.2, -0.15) is 5.26 Å². The Morgan fingerprint density at radius 3 is 2.63 bits per heavy atom. The van der Waals surface area contributed by atoms with Crippen molar-refractivity contribution in [3.63, 3.8) is 0 Å². The second-order valence-corrected chi connectivity index (χ2v) is 6.38. The summed E-state index contributed by atoms with van der Waals surface area (Å²) in [7, 11) is 1.83. The summed E-state index contributed by atoms with van der Waals surface area (Å²) in [4.78, 5) is 17.2. The van der Waals surface area contributed by atoms with Crippen LogP contribution in [0.4, 0.5) is 0 Å². The molecule has 0 spiro atoms. The maximum absolute atomic E-state index is 12.8. The summed E-state index contributed by atoms with van der Waals surface area (Å²) in [6, 6.07) is 23.7. The van der Waals surface area contributed by atoms with Crippen molar-refractivity contribution in [2.24, 2.45) is 7.05 Å². The SMILES string of the molecule is Cn1c(C(C#N)C(=O)/C=C/c2cccc3ccccc23)nc2ccccc21. The Labute approximate surface area is 157 Å². The lowest BCUT2D eigenvalue weighted by atomic mass is 10.0. The number of nitrogens with zero attached hydrogens (tertiary/aromatic N) is 3. The number of allylic oxidation sites excluding steroid dienone is 1. The highest BCUT2D eigenvalue weighted by Crippen LogP contribution is 2.23. The first kappa shape index (κ1) is 16.7. The first-order chi connectivity index (χ1) is 13.2. The van der Waals surface area contributed by atoms with Crippen molar-refractivity contribution < 1.29 is 4.79 Å². The average Bonchev–Trinajstić information content (AvgIpc) is 3.03. The Bertz CT molecular complexity index is 1220. The molecule has 0 aliphatic rings. The molecule has 4 nitrogen and oxygen atoms in total. The number of hydrogen-bond donors (Lipinski definition) is 0. The van der Waals surface area contributed by atoms with E-state index in [1.54, 1.807) is 6.08 Å². The van der Waals surface area contributed by atoms with Crippen molar-refractivity contribution in [2.45, 2.75) is 5.92 Å². The van der Waals surface area contributed by atoms with Crippen LogP contribution in [0.2, 0.25) is 0 Å². The van der Waals surface area contributed by atoms with Crippen LogP contribution >= 0.6 is 0 Å². The third-order valence-corrected chi connectivity index (χ3v) is 4.74. The summed E-state index contributed by atoms with van der Waals surface area (Å²) in [5.41, 5.74) is 2.63. The second kappa shape index (κ2) is 6.89. The van der Waals surface area contributed by atoms with Gasteiger partial charge in [0.05, 0.1) is 17.1 Å². The molecule has 0 aliphatic carbocycles. The predicted molar refractivity (Wildman–Crippen MR) is 107 cm³/mol. The van der Waals surface area contributed by atoms with E-state index < -0.39 is 5.92 Å². The molecule has 0 amide bonds. The number of aryl methyl sites for hydroxylation is 1. The minimum atomic E-state index is -0.936. The predicted octanol–water partition coefficient (Wildman–Crippen LogP) is 4.62. The van der Waals surface area contributed by atoms with Gasteiger partial charge in [0, 0.05) is 7.05 Å². The van der Waals surface area contributed by atoms with E-state index >= 15 is 0 Å². The molecule has 3 aromatic carbocycles. The molecule has 1 atom stereocenters. The quantitative estimate of drug-likeness (QED) is 0.504. The van der Waals surface area contributed by atoms with E-state index in [-0.39, 0.29) is 5.78 Å². The Morgan fingerprint density at radius 2 is 1.81 bits per heavy atom. The molecule has 0 N–H and O–H groups in total. The molecule has 4 heteroatoms. The minimum Gasteiger partial charge on any atom is -0.330 e. The molecule has 0 radical (unpaired) electrons. The number of imidazole rings is 1. The molecule has 4 aromatic rings. The van der Waals surface area contributed by atoms with Crippen LogP contribution in [0, 0.1) is 11.3 Å². The number of para-hydroxylation sites is 2. The van der Waals surface area contributed by atoms with Crippen molar-refractivity contribution in [1.29, 1.82) is 5.26 Å².